The summed E-state index contributed by atoms with van der Waals surface area (Å²) < 4.78 is 11.8. The molecule has 0 bridgehead atoms. The number of β-amino-alcohol motifs (C(OH)–C–C–N with tert-alkyl or cyclic N) is 1. The van der Waals surface area contributed by atoms with Gasteiger partial charge in [0.15, 0.2) is 0 Å². The van der Waals surface area contributed by atoms with Crippen LogP contribution in [0, 0.1) is 30.6 Å². The molecule has 4 unspecified atom stereocenters. The van der Waals surface area contributed by atoms with Crippen molar-refractivity contribution in [1.82, 2.24) is 25.3 Å². The number of carbonyl (C=O) groups is 4. The molecule has 13 nitrogen and oxygen atoms in total. The fourth-order valence-electron chi connectivity index (χ4n) is 7.71. The zero-order valence-corrected chi connectivity index (χ0v) is 34.6. The predicted molar refractivity (Wildman–Crippen MR) is 208 cm³/mol. The number of aryl methyl sites for hydroxylation is 1. The standard InChI is InChI=1S/C40H70N6O7/c1-14-26(7)36(45(11)40(51)34(23(2)3)43-39(50)35(24(4)5)44(9)10)32(52-12)20-33(48)46-22-29(47)19-31(46)37(53-13)27(8)38(49)42-21-30(41)28-17-15-25(6)16-18-28/h15-18,23-24,26-27,29-32,34-37,47H,14,19-22,41H2,1-13H3,(H,42,49)(H,43,50)/t26?,27-,29+,30?,31+,32-,34+,35?,36?,37-/m1/s1. The number of nitrogens with two attached hydrogens (primary N) is 1. The average Bonchev–Trinajstić information content (AvgIpc) is 3.49. The number of likely N-dealkylation sites (N-methyl/N-ethyl adjacent to an activating group) is 2. The number of hydrogen-bond acceptors (Lipinski definition) is 9. The van der Waals surface area contributed by atoms with E-state index in [9.17, 15) is 24.3 Å². The number of aliphatic hydroxyl groups excluding tert-OH is 1. The Morgan fingerprint density at radius 2 is 1.57 bits per heavy atom. The van der Waals surface area contributed by atoms with Gasteiger partial charge in [0.1, 0.15) is 6.04 Å². The highest BCUT2D eigenvalue weighted by Crippen LogP contribution is 2.30. The monoisotopic (exact) mass is 747 g/mol. The molecule has 1 heterocycles. The Bertz CT molecular complexity index is 1320. The van der Waals surface area contributed by atoms with Crippen LogP contribution in [0.5, 0.6) is 0 Å². The van der Waals surface area contributed by atoms with Crippen molar-refractivity contribution in [2.75, 3.05) is 48.5 Å². The first kappa shape index (κ1) is 46.1. The molecule has 1 aromatic rings. The summed E-state index contributed by atoms with van der Waals surface area (Å²) in [6.45, 7) is 15.8. The van der Waals surface area contributed by atoms with Gasteiger partial charge in [-0.25, -0.2) is 0 Å². The van der Waals surface area contributed by atoms with Crippen LogP contribution in [0.4, 0.5) is 0 Å². The number of nitrogens with one attached hydrogen (secondary N) is 2. The first-order valence-corrected chi connectivity index (χ1v) is 19.2. The first-order chi connectivity index (χ1) is 24.8. The van der Waals surface area contributed by atoms with Gasteiger partial charge in [-0.05, 0) is 50.8 Å². The highest BCUT2D eigenvalue weighted by atomic mass is 16.5. The number of benzene rings is 1. The molecule has 0 radical (unpaired) electrons. The van der Waals surface area contributed by atoms with E-state index in [-0.39, 0.29) is 67.3 Å². The van der Waals surface area contributed by atoms with Crippen molar-refractivity contribution in [3.63, 3.8) is 0 Å². The molecule has 0 spiro atoms. The van der Waals surface area contributed by atoms with E-state index in [2.05, 4.69) is 10.6 Å². The molecule has 1 aliphatic heterocycles. The average molecular weight is 747 g/mol. The van der Waals surface area contributed by atoms with Gasteiger partial charge in [0.05, 0.1) is 48.8 Å². The fraction of sp³-hybridized carbons (Fsp3) is 0.750. The molecule has 0 saturated carbocycles. The van der Waals surface area contributed by atoms with Crippen LogP contribution in [0.2, 0.25) is 0 Å². The van der Waals surface area contributed by atoms with Crippen molar-refractivity contribution in [1.29, 1.82) is 0 Å². The highest BCUT2D eigenvalue weighted by Gasteiger charge is 2.45. The Kier molecular flexibility index (Phi) is 18.3. The van der Waals surface area contributed by atoms with Gasteiger partial charge in [0, 0.05) is 40.4 Å². The minimum Gasteiger partial charge on any atom is -0.391 e. The zero-order valence-electron chi connectivity index (χ0n) is 34.6. The summed E-state index contributed by atoms with van der Waals surface area (Å²) in [7, 11) is 8.43. The van der Waals surface area contributed by atoms with Gasteiger partial charge in [0.2, 0.25) is 23.6 Å². The van der Waals surface area contributed by atoms with E-state index in [0.29, 0.717) is 6.42 Å². The maximum absolute atomic E-state index is 14.2. The topological polar surface area (TPSA) is 167 Å². The summed E-state index contributed by atoms with van der Waals surface area (Å²) >= 11 is 0. The summed E-state index contributed by atoms with van der Waals surface area (Å²) in [6.07, 6.45) is -1.30. The molecule has 13 heteroatoms. The van der Waals surface area contributed by atoms with Crippen LogP contribution in [0.3, 0.4) is 0 Å². The van der Waals surface area contributed by atoms with Gasteiger partial charge >= 0.3 is 0 Å². The lowest BCUT2D eigenvalue weighted by molar-refractivity contribution is -0.148. The van der Waals surface area contributed by atoms with E-state index in [0.717, 1.165) is 11.1 Å². The Hall–Kier alpha value is -3.10. The lowest BCUT2D eigenvalue weighted by Crippen LogP contribution is -2.59. The molecule has 1 aliphatic rings. The van der Waals surface area contributed by atoms with Crippen molar-refractivity contribution >= 4 is 23.6 Å². The third-order valence-corrected chi connectivity index (χ3v) is 11.0. The molecule has 0 aromatic heterocycles. The van der Waals surface area contributed by atoms with Gasteiger partial charge in [-0.15, -0.1) is 0 Å². The largest absolute Gasteiger partial charge is 0.391 e. The molecule has 1 aromatic carbocycles. The van der Waals surface area contributed by atoms with Crippen LogP contribution in [-0.2, 0) is 28.7 Å². The third-order valence-electron chi connectivity index (χ3n) is 11.0. The van der Waals surface area contributed by atoms with Crippen molar-refractivity contribution in [3.05, 3.63) is 35.4 Å². The number of ether oxygens (including phenoxy) is 2. The van der Waals surface area contributed by atoms with Crippen LogP contribution in [0.1, 0.15) is 84.9 Å². The van der Waals surface area contributed by atoms with Gasteiger partial charge in [-0.1, -0.05) is 84.7 Å². The molecule has 302 valence electrons. The number of nitrogens with zero attached hydrogens (tertiary/aromatic N) is 3. The molecular weight excluding hydrogens is 676 g/mol. The van der Waals surface area contributed by atoms with Crippen LogP contribution in [0.15, 0.2) is 24.3 Å². The molecule has 4 amide bonds. The fourth-order valence-corrected chi connectivity index (χ4v) is 7.71. The Morgan fingerprint density at radius 1 is 0.962 bits per heavy atom. The molecule has 0 aliphatic carbocycles. The van der Waals surface area contributed by atoms with E-state index >= 15 is 0 Å². The number of likely N-dealkylation sites (tertiary alicyclic amines) is 1. The summed E-state index contributed by atoms with van der Waals surface area (Å²) in [5.41, 5.74) is 8.38. The molecular formula is C40H70N6O7. The molecule has 1 fully saturated rings. The second kappa shape index (κ2) is 21.1. The summed E-state index contributed by atoms with van der Waals surface area (Å²) in [5, 5.41) is 16.8. The second-order valence-corrected chi connectivity index (χ2v) is 15.9. The quantitative estimate of drug-likeness (QED) is 0.157. The van der Waals surface area contributed by atoms with Crippen molar-refractivity contribution in [2.24, 2.45) is 29.4 Å². The van der Waals surface area contributed by atoms with Crippen LogP contribution < -0.4 is 16.4 Å². The zero-order chi connectivity index (χ0) is 40.3. The minimum atomic E-state index is -0.797. The smallest absolute Gasteiger partial charge is 0.245 e. The number of carbonyl (C=O) groups excluding carboxylic acids is 4. The number of aliphatic hydroxyl groups is 1. The van der Waals surface area contributed by atoms with Crippen molar-refractivity contribution < 1.29 is 33.8 Å². The lowest BCUT2D eigenvalue weighted by atomic mass is 9.89. The summed E-state index contributed by atoms with van der Waals surface area (Å²) in [6, 6.07) is 5.18. The molecule has 53 heavy (non-hydrogen) atoms. The lowest BCUT2D eigenvalue weighted by Gasteiger charge is -2.41. The van der Waals surface area contributed by atoms with Crippen LogP contribution in [-0.4, -0.2) is 134 Å². The molecule has 10 atom stereocenters. The van der Waals surface area contributed by atoms with Gasteiger partial charge < -0.3 is 40.7 Å². The number of methoxy groups -OCH3 is 2. The normalized spacial score (nSPS) is 20.8. The van der Waals surface area contributed by atoms with Gasteiger partial charge in [-0.3, -0.25) is 24.1 Å². The molecule has 5 N–H and O–H groups in total. The first-order valence-electron chi connectivity index (χ1n) is 19.2. The maximum Gasteiger partial charge on any atom is 0.245 e. The molecule has 2 rings (SSSR count). The minimum absolute atomic E-state index is 0.0350. The Morgan fingerprint density at radius 3 is 2.06 bits per heavy atom. The predicted octanol–water partition coefficient (Wildman–Crippen LogP) is 2.73. The number of rotatable bonds is 20. The summed E-state index contributed by atoms with van der Waals surface area (Å²) in [4.78, 5) is 60.3. The van der Waals surface area contributed by atoms with E-state index < -0.39 is 54.4 Å². The van der Waals surface area contributed by atoms with Crippen LogP contribution >= 0.6 is 0 Å². The highest BCUT2D eigenvalue weighted by molar-refractivity contribution is 5.90. The number of amides is 4. The van der Waals surface area contributed by atoms with Crippen molar-refractivity contribution in [2.45, 2.75) is 123 Å². The van der Waals surface area contributed by atoms with E-state index in [1.165, 1.54) is 14.2 Å². The molecule has 1 saturated heterocycles. The van der Waals surface area contributed by atoms with Crippen LogP contribution in [0.25, 0.3) is 0 Å². The SMILES string of the molecule is CCC(C)C([C@@H](CC(=O)N1C[C@@H](O)C[C@H]1[C@H](OC)[C@@H](C)C(=O)NCC(N)c1ccc(C)cc1)OC)N(C)C(=O)[C@@H](NC(=O)C(C(C)C)N(C)C)C(C)C. The van der Waals surface area contributed by atoms with E-state index in [1.807, 2.05) is 91.7 Å². The Labute approximate surface area is 318 Å². The van der Waals surface area contributed by atoms with Gasteiger partial charge in [-0.2, -0.15) is 0 Å². The maximum atomic E-state index is 14.2. The van der Waals surface area contributed by atoms with Gasteiger partial charge in [0.25, 0.3) is 0 Å². The second-order valence-electron chi connectivity index (χ2n) is 15.9. The van der Waals surface area contributed by atoms with E-state index in [4.69, 9.17) is 15.2 Å². The Balaban J connectivity index is 2.27. The number of hydrogen-bond donors (Lipinski definition) is 4. The summed E-state index contributed by atoms with van der Waals surface area (Å²) in [5.74, 6) is -1.89. The third kappa shape index (κ3) is 12.2. The van der Waals surface area contributed by atoms with Crippen molar-refractivity contribution in [3.8, 4) is 0 Å². The van der Waals surface area contributed by atoms with E-state index in [1.54, 1.807) is 23.8 Å².